The SMILES string of the molecule is Cc1cc(C2CCC2)nc(C2CC2C(=O)O)n1. The van der Waals surface area contributed by atoms with Gasteiger partial charge in [0, 0.05) is 23.2 Å². The predicted molar refractivity (Wildman–Crippen MR) is 61.8 cm³/mol. The summed E-state index contributed by atoms with van der Waals surface area (Å²) in [5.41, 5.74) is 2.09. The molecule has 17 heavy (non-hydrogen) atoms. The van der Waals surface area contributed by atoms with E-state index in [4.69, 9.17) is 5.11 Å². The summed E-state index contributed by atoms with van der Waals surface area (Å²) in [6.07, 6.45) is 4.40. The molecule has 0 amide bonds. The van der Waals surface area contributed by atoms with Gasteiger partial charge in [0.15, 0.2) is 0 Å². The molecule has 2 unspecified atom stereocenters. The van der Waals surface area contributed by atoms with E-state index in [1.165, 1.54) is 19.3 Å². The van der Waals surface area contributed by atoms with Gasteiger partial charge in [0.25, 0.3) is 0 Å². The zero-order valence-corrected chi connectivity index (χ0v) is 9.89. The Balaban J connectivity index is 1.85. The second kappa shape index (κ2) is 3.79. The smallest absolute Gasteiger partial charge is 0.307 e. The Bertz CT molecular complexity index is 468. The Labute approximate surface area is 100 Å². The van der Waals surface area contributed by atoms with Gasteiger partial charge in [-0.15, -0.1) is 0 Å². The van der Waals surface area contributed by atoms with Crippen LogP contribution in [0.1, 0.15) is 54.7 Å². The van der Waals surface area contributed by atoms with Gasteiger partial charge in [-0.05, 0) is 32.3 Å². The minimum Gasteiger partial charge on any atom is -0.481 e. The molecule has 0 aliphatic heterocycles. The van der Waals surface area contributed by atoms with E-state index in [9.17, 15) is 4.79 Å². The second-order valence-corrected chi connectivity index (χ2v) is 5.21. The molecule has 4 nitrogen and oxygen atoms in total. The summed E-state index contributed by atoms with van der Waals surface area (Å²) < 4.78 is 0. The topological polar surface area (TPSA) is 63.1 Å². The third kappa shape index (κ3) is 1.92. The molecule has 0 saturated heterocycles. The molecule has 2 saturated carbocycles. The molecule has 1 aromatic heterocycles. The van der Waals surface area contributed by atoms with Crippen molar-refractivity contribution in [2.24, 2.45) is 5.92 Å². The number of nitrogens with zero attached hydrogens (tertiary/aromatic N) is 2. The summed E-state index contributed by atoms with van der Waals surface area (Å²) in [5.74, 6) is 0.402. The fourth-order valence-electron chi connectivity index (χ4n) is 2.45. The molecule has 0 bridgehead atoms. The van der Waals surface area contributed by atoms with E-state index in [2.05, 4.69) is 9.97 Å². The fourth-order valence-corrected chi connectivity index (χ4v) is 2.45. The molecule has 1 heterocycles. The van der Waals surface area contributed by atoms with Crippen LogP contribution in [-0.4, -0.2) is 21.0 Å². The summed E-state index contributed by atoms with van der Waals surface area (Å²) in [7, 11) is 0. The molecule has 0 spiro atoms. The lowest BCUT2D eigenvalue weighted by Gasteiger charge is -2.25. The van der Waals surface area contributed by atoms with Crippen molar-refractivity contribution >= 4 is 5.97 Å². The number of rotatable bonds is 3. The van der Waals surface area contributed by atoms with E-state index >= 15 is 0 Å². The highest BCUT2D eigenvalue weighted by atomic mass is 16.4. The van der Waals surface area contributed by atoms with Gasteiger partial charge in [-0.3, -0.25) is 4.79 Å². The van der Waals surface area contributed by atoms with Crippen LogP contribution in [-0.2, 0) is 4.79 Å². The minimum absolute atomic E-state index is 0.0474. The van der Waals surface area contributed by atoms with Crippen LogP contribution in [0.15, 0.2) is 6.07 Å². The first-order valence-corrected chi connectivity index (χ1v) is 6.23. The minimum atomic E-state index is -0.717. The molecule has 4 heteroatoms. The van der Waals surface area contributed by atoms with Crippen molar-refractivity contribution in [3.8, 4) is 0 Å². The summed E-state index contributed by atoms with van der Waals surface area (Å²) in [6.45, 7) is 1.96. The van der Waals surface area contributed by atoms with E-state index < -0.39 is 5.97 Å². The van der Waals surface area contributed by atoms with E-state index in [0.717, 1.165) is 17.2 Å². The van der Waals surface area contributed by atoms with Gasteiger partial charge in [-0.25, -0.2) is 9.97 Å². The van der Waals surface area contributed by atoms with E-state index in [-0.39, 0.29) is 11.8 Å². The Morgan fingerprint density at radius 2 is 2.18 bits per heavy atom. The van der Waals surface area contributed by atoms with Gasteiger partial charge in [0.2, 0.25) is 0 Å². The highest BCUT2D eigenvalue weighted by molar-refractivity contribution is 5.74. The number of carbonyl (C=O) groups is 1. The van der Waals surface area contributed by atoms with Crippen LogP contribution in [0, 0.1) is 12.8 Å². The zero-order chi connectivity index (χ0) is 12.0. The highest BCUT2D eigenvalue weighted by Crippen LogP contribution is 2.46. The molecule has 0 radical (unpaired) electrons. The lowest BCUT2D eigenvalue weighted by molar-refractivity contribution is -0.138. The molecule has 2 aliphatic carbocycles. The van der Waals surface area contributed by atoms with Crippen LogP contribution in [0.5, 0.6) is 0 Å². The van der Waals surface area contributed by atoms with Crippen LogP contribution in [0.4, 0.5) is 0 Å². The summed E-state index contributed by atoms with van der Waals surface area (Å²) in [6, 6.07) is 2.05. The van der Waals surface area contributed by atoms with Gasteiger partial charge in [-0.1, -0.05) is 6.42 Å². The summed E-state index contributed by atoms with van der Waals surface area (Å²) >= 11 is 0. The number of aromatic nitrogens is 2. The Hall–Kier alpha value is -1.45. The number of carboxylic acid groups (broad SMARTS) is 1. The van der Waals surface area contributed by atoms with Crippen molar-refractivity contribution in [2.45, 2.75) is 44.4 Å². The van der Waals surface area contributed by atoms with Crippen LogP contribution >= 0.6 is 0 Å². The van der Waals surface area contributed by atoms with Gasteiger partial charge in [-0.2, -0.15) is 0 Å². The fraction of sp³-hybridized carbons (Fsp3) is 0.615. The first-order valence-electron chi connectivity index (χ1n) is 6.23. The molecule has 2 aliphatic rings. The maximum absolute atomic E-state index is 10.9. The molecular formula is C13H16N2O2. The Morgan fingerprint density at radius 3 is 2.71 bits per heavy atom. The van der Waals surface area contributed by atoms with Crippen molar-refractivity contribution in [1.29, 1.82) is 0 Å². The number of carboxylic acids is 1. The number of aryl methyl sites for hydroxylation is 1. The first-order chi connectivity index (χ1) is 8.15. The molecular weight excluding hydrogens is 216 g/mol. The molecule has 0 aromatic carbocycles. The van der Waals surface area contributed by atoms with E-state index in [0.29, 0.717) is 12.3 Å². The van der Waals surface area contributed by atoms with Crippen molar-refractivity contribution in [3.63, 3.8) is 0 Å². The van der Waals surface area contributed by atoms with Crippen LogP contribution in [0.3, 0.4) is 0 Å². The van der Waals surface area contributed by atoms with Gasteiger partial charge in [0.1, 0.15) is 5.82 Å². The van der Waals surface area contributed by atoms with Crippen LogP contribution in [0.25, 0.3) is 0 Å². The van der Waals surface area contributed by atoms with Gasteiger partial charge >= 0.3 is 5.97 Å². The Kier molecular flexibility index (Phi) is 2.38. The molecule has 90 valence electrons. The first kappa shape index (κ1) is 10.7. The average molecular weight is 232 g/mol. The number of hydrogen-bond donors (Lipinski definition) is 1. The summed E-state index contributed by atoms with van der Waals surface area (Å²) in [5, 5.41) is 8.93. The third-order valence-corrected chi connectivity index (χ3v) is 3.85. The van der Waals surface area contributed by atoms with Crippen molar-refractivity contribution in [1.82, 2.24) is 9.97 Å². The van der Waals surface area contributed by atoms with E-state index in [1.807, 2.05) is 13.0 Å². The quantitative estimate of drug-likeness (QED) is 0.868. The monoisotopic (exact) mass is 232 g/mol. The van der Waals surface area contributed by atoms with Crippen LogP contribution in [0.2, 0.25) is 0 Å². The van der Waals surface area contributed by atoms with Crippen molar-refractivity contribution in [2.75, 3.05) is 0 Å². The van der Waals surface area contributed by atoms with Crippen molar-refractivity contribution < 1.29 is 9.90 Å². The molecule has 1 N–H and O–H groups in total. The predicted octanol–water partition coefficient (Wildman–Crippen LogP) is 2.24. The van der Waals surface area contributed by atoms with Gasteiger partial charge in [0.05, 0.1) is 5.92 Å². The highest BCUT2D eigenvalue weighted by Gasteiger charge is 2.46. The molecule has 2 atom stereocenters. The maximum atomic E-state index is 10.9. The van der Waals surface area contributed by atoms with Gasteiger partial charge < -0.3 is 5.11 Å². The summed E-state index contributed by atoms with van der Waals surface area (Å²) in [4.78, 5) is 19.8. The molecule has 1 aromatic rings. The molecule has 3 rings (SSSR count). The van der Waals surface area contributed by atoms with E-state index in [1.54, 1.807) is 0 Å². The second-order valence-electron chi connectivity index (χ2n) is 5.21. The number of hydrogen-bond acceptors (Lipinski definition) is 3. The lowest BCUT2D eigenvalue weighted by atomic mass is 9.82. The zero-order valence-electron chi connectivity index (χ0n) is 9.89. The third-order valence-electron chi connectivity index (χ3n) is 3.85. The largest absolute Gasteiger partial charge is 0.481 e. The van der Waals surface area contributed by atoms with Crippen molar-refractivity contribution in [3.05, 3.63) is 23.3 Å². The Morgan fingerprint density at radius 1 is 1.41 bits per heavy atom. The average Bonchev–Trinajstić information content (AvgIpc) is 2.92. The maximum Gasteiger partial charge on any atom is 0.307 e. The van der Waals surface area contributed by atoms with Crippen LogP contribution < -0.4 is 0 Å². The number of aliphatic carboxylic acids is 1. The molecule has 2 fully saturated rings. The normalized spacial score (nSPS) is 27.6. The lowest BCUT2D eigenvalue weighted by Crippen LogP contribution is -2.13. The standard InChI is InChI=1S/C13H16N2O2/c1-7-5-11(8-3-2-4-8)15-12(14-7)9-6-10(9)13(16)17/h5,8-10H,2-4,6H2,1H3,(H,16,17).